The van der Waals surface area contributed by atoms with Crippen LogP contribution in [0.25, 0.3) is 11.2 Å². The summed E-state index contributed by atoms with van der Waals surface area (Å²) in [5, 5.41) is 0. The number of imidazole rings is 1. The van der Waals surface area contributed by atoms with E-state index in [1.54, 1.807) is 12.5 Å². The number of hydrogen-bond donors (Lipinski definition) is 3. The predicted octanol–water partition coefficient (Wildman–Crippen LogP) is -6.89. The molecule has 88 valence electrons. The van der Waals surface area contributed by atoms with Gasteiger partial charge in [-0.3, -0.25) is 9.11 Å². The summed E-state index contributed by atoms with van der Waals surface area (Å²) in [4.78, 5) is 14.5. The van der Waals surface area contributed by atoms with Gasteiger partial charge in [0.1, 0.15) is 11.8 Å². The molecule has 0 saturated heterocycles. The number of aromatic amines is 1. The third-order valence-electron chi connectivity index (χ3n) is 1.10. The van der Waals surface area contributed by atoms with Gasteiger partial charge in [0, 0.05) is 0 Å². The van der Waals surface area contributed by atoms with Crippen molar-refractivity contribution in [1.82, 2.24) is 19.9 Å². The first-order chi connectivity index (χ1) is 6.47. The van der Waals surface area contributed by atoms with Crippen LogP contribution in [0, 0.1) is 0 Å². The molecule has 2 aromatic rings. The van der Waals surface area contributed by atoms with Crippen LogP contribution in [-0.4, -0.2) is 42.9 Å². The van der Waals surface area contributed by atoms with Gasteiger partial charge in [-0.1, -0.05) is 0 Å². The van der Waals surface area contributed by atoms with Crippen molar-refractivity contribution >= 4 is 21.6 Å². The Morgan fingerprint density at radius 1 is 1.24 bits per heavy atom. The van der Waals surface area contributed by atoms with Crippen molar-refractivity contribution in [2.45, 2.75) is 0 Å². The molecule has 0 bridgehead atoms. The van der Waals surface area contributed by atoms with E-state index in [9.17, 15) is 0 Å². The fourth-order valence-electron chi connectivity index (χ4n) is 0.691. The maximum absolute atomic E-state index is 8.74. The fraction of sp³-hybridized carbons (Fsp3) is 0. The van der Waals surface area contributed by atoms with Gasteiger partial charge in [0.05, 0.1) is 12.5 Å². The van der Waals surface area contributed by atoms with Crippen LogP contribution in [0.3, 0.4) is 0 Å². The average Bonchev–Trinajstić information content (AvgIpc) is 2.47. The standard InChI is InChI=1S/C5H4N4.2Na.H2O4S.H2O.2H/c1-4-5(8-2-6-1)9-3-7-4;;;1-5(2,3)4;;;/h1-3H,(H,6,7,8,9);;;(H2,1,2,3,4);1H2;;/q;2*+1;;;2*-1. The van der Waals surface area contributed by atoms with Crippen LogP contribution in [-0.2, 0) is 10.4 Å². The molecule has 0 radical (unpaired) electrons. The van der Waals surface area contributed by atoms with Gasteiger partial charge in [0.25, 0.3) is 0 Å². The van der Waals surface area contributed by atoms with E-state index in [1.165, 1.54) is 6.33 Å². The Kier molecular flexibility index (Phi) is 13.7. The van der Waals surface area contributed by atoms with Crippen LogP contribution < -0.4 is 59.1 Å². The average molecular weight is 284 g/mol. The van der Waals surface area contributed by atoms with E-state index in [0.29, 0.717) is 5.65 Å². The summed E-state index contributed by atoms with van der Waals surface area (Å²) in [6.45, 7) is 0. The predicted molar refractivity (Wildman–Crippen MR) is 51.7 cm³/mol. The molecule has 12 heteroatoms. The summed E-state index contributed by atoms with van der Waals surface area (Å²) in [5.41, 5.74) is 1.59. The molecule has 0 aliphatic heterocycles. The minimum Gasteiger partial charge on any atom is -1.00 e. The Morgan fingerprint density at radius 2 is 1.76 bits per heavy atom. The third-order valence-corrected chi connectivity index (χ3v) is 1.10. The Hall–Kier alpha value is 0.380. The van der Waals surface area contributed by atoms with Gasteiger partial charge >= 0.3 is 69.5 Å². The smallest absolute Gasteiger partial charge is 1.00 e. The van der Waals surface area contributed by atoms with Crippen molar-refractivity contribution in [2.24, 2.45) is 0 Å². The van der Waals surface area contributed by atoms with Crippen molar-refractivity contribution < 1.29 is 85.0 Å². The number of nitrogens with zero attached hydrogens (tertiary/aromatic N) is 3. The van der Waals surface area contributed by atoms with E-state index >= 15 is 0 Å². The van der Waals surface area contributed by atoms with Crippen molar-refractivity contribution in [1.29, 1.82) is 0 Å². The Bertz CT molecular complexity index is 489. The van der Waals surface area contributed by atoms with Crippen LogP contribution >= 0.6 is 0 Å². The van der Waals surface area contributed by atoms with Crippen molar-refractivity contribution in [2.75, 3.05) is 0 Å². The normalized spacial score (nSPS) is 8.82. The van der Waals surface area contributed by atoms with E-state index in [4.69, 9.17) is 17.5 Å². The number of H-pyrrole nitrogens is 1. The SMILES string of the molecule is O.O=S(=O)(O)O.[H-].[H-].[Na+].[Na+].c1ncc2[nH]cnc2n1. The van der Waals surface area contributed by atoms with Crippen LogP contribution in [0.5, 0.6) is 0 Å². The van der Waals surface area contributed by atoms with Gasteiger partial charge in [-0.15, -0.1) is 0 Å². The number of rotatable bonds is 0. The number of nitrogens with one attached hydrogen (secondary N) is 1. The van der Waals surface area contributed by atoms with Crippen LogP contribution in [0.15, 0.2) is 18.9 Å². The molecule has 0 aliphatic carbocycles. The zero-order chi connectivity index (χ0) is 10.6. The first-order valence-electron chi connectivity index (χ1n) is 3.26. The van der Waals surface area contributed by atoms with Gasteiger partial charge in [0.15, 0.2) is 5.65 Å². The first-order valence-corrected chi connectivity index (χ1v) is 4.65. The molecule has 2 heterocycles. The largest absolute Gasteiger partial charge is 1.00 e. The monoisotopic (exact) mass is 284 g/mol. The van der Waals surface area contributed by atoms with E-state index in [2.05, 4.69) is 19.9 Å². The van der Waals surface area contributed by atoms with Gasteiger partial charge in [-0.25, -0.2) is 15.0 Å². The number of aromatic nitrogens is 4. The van der Waals surface area contributed by atoms with Crippen molar-refractivity contribution in [3.05, 3.63) is 18.9 Å². The summed E-state index contributed by atoms with van der Waals surface area (Å²) in [6, 6.07) is 0. The summed E-state index contributed by atoms with van der Waals surface area (Å²) in [7, 11) is -4.67. The molecule has 0 atom stereocenters. The van der Waals surface area contributed by atoms with Gasteiger partial charge in [-0.2, -0.15) is 8.42 Å². The van der Waals surface area contributed by atoms with Crippen molar-refractivity contribution in [3.63, 3.8) is 0 Å². The van der Waals surface area contributed by atoms with Crippen LogP contribution in [0.1, 0.15) is 2.85 Å². The van der Waals surface area contributed by atoms with Crippen LogP contribution in [0.2, 0.25) is 0 Å². The molecule has 9 nitrogen and oxygen atoms in total. The van der Waals surface area contributed by atoms with Gasteiger partial charge in [-0.05, 0) is 0 Å². The molecule has 2 rings (SSSR count). The number of hydrogen-bond acceptors (Lipinski definition) is 5. The second-order valence-electron chi connectivity index (χ2n) is 2.11. The number of fused-ring (bicyclic) bond motifs is 1. The minimum absolute atomic E-state index is 0. The maximum atomic E-state index is 8.74. The van der Waals surface area contributed by atoms with E-state index < -0.39 is 10.4 Å². The summed E-state index contributed by atoms with van der Waals surface area (Å²) < 4.78 is 31.6. The molecule has 0 unspecified atom stereocenters. The van der Waals surface area contributed by atoms with E-state index in [-0.39, 0.29) is 67.4 Å². The van der Waals surface area contributed by atoms with E-state index in [0.717, 1.165) is 5.52 Å². The molecule has 0 aromatic carbocycles. The quantitative estimate of drug-likeness (QED) is 0.320. The second kappa shape index (κ2) is 10.3. The Balaban J connectivity index is -0.0000000600. The van der Waals surface area contributed by atoms with Gasteiger partial charge in [0.2, 0.25) is 0 Å². The summed E-state index contributed by atoms with van der Waals surface area (Å²) in [5.74, 6) is 0. The summed E-state index contributed by atoms with van der Waals surface area (Å²) in [6.07, 6.45) is 4.76. The fourth-order valence-corrected chi connectivity index (χ4v) is 0.691. The molecule has 5 N–H and O–H groups in total. The topological polar surface area (TPSA) is 161 Å². The molecule has 0 fully saturated rings. The Labute approximate surface area is 144 Å². The zero-order valence-electron chi connectivity index (χ0n) is 11.2. The van der Waals surface area contributed by atoms with Crippen LogP contribution in [0.4, 0.5) is 0 Å². The molecule has 0 saturated carbocycles. The minimum atomic E-state index is -4.67. The summed E-state index contributed by atoms with van der Waals surface area (Å²) >= 11 is 0. The molecular formula is C5H10N4Na2O5S. The molecule has 0 aliphatic rings. The van der Waals surface area contributed by atoms with Gasteiger partial charge < -0.3 is 13.3 Å². The van der Waals surface area contributed by atoms with E-state index in [1.807, 2.05) is 0 Å². The molecule has 17 heavy (non-hydrogen) atoms. The first kappa shape index (κ1) is 22.6. The molecule has 0 spiro atoms. The zero-order valence-corrected chi connectivity index (χ0v) is 14.0. The second-order valence-corrected chi connectivity index (χ2v) is 3.01. The Morgan fingerprint density at radius 3 is 2.24 bits per heavy atom. The van der Waals surface area contributed by atoms with Crippen molar-refractivity contribution in [3.8, 4) is 0 Å². The molecule has 2 aromatic heterocycles. The maximum Gasteiger partial charge on any atom is 1.00 e. The molecular weight excluding hydrogens is 274 g/mol. The third kappa shape index (κ3) is 11.2. The molecule has 0 amide bonds.